The van der Waals surface area contributed by atoms with Crippen LogP contribution in [0.1, 0.15) is 38.0 Å². The molecule has 1 aliphatic rings. The van der Waals surface area contributed by atoms with Gasteiger partial charge in [-0.1, -0.05) is 0 Å². The van der Waals surface area contributed by atoms with Gasteiger partial charge in [-0.3, -0.25) is 14.9 Å². The van der Waals surface area contributed by atoms with Crippen LogP contribution in [-0.2, 0) is 9.53 Å². The van der Waals surface area contributed by atoms with Crippen molar-refractivity contribution in [3.63, 3.8) is 0 Å². The van der Waals surface area contributed by atoms with Gasteiger partial charge < -0.3 is 14.2 Å². The minimum atomic E-state index is -0.862. The van der Waals surface area contributed by atoms with E-state index in [4.69, 9.17) is 9.47 Å². The highest BCUT2D eigenvalue weighted by atomic mass is 16.6. The molecule has 0 aliphatic carbocycles. The molecule has 0 bridgehead atoms. The second-order valence-electron chi connectivity index (χ2n) is 7.02. The van der Waals surface area contributed by atoms with Crippen molar-refractivity contribution in [2.24, 2.45) is 10.2 Å². The van der Waals surface area contributed by atoms with Crippen LogP contribution < -0.4 is 9.47 Å². The molecule has 0 unspecified atom stereocenters. The van der Waals surface area contributed by atoms with Crippen molar-refractivity contribution in [3.8, 4) is 11.5 Å². The van der Waals surface area contributed by atoms with Gasteiger partial charge in [0.1, 0.15) is 11.4 Å². The van der Waals surface area contributed by atoms with E-state index < -0.39 is 28.8 Å². The van der Waals surface area contributed by atoms with E-state index in [9.17, 15) is 29.3 Å². The highest BCUT2D eigenvalue weighted by Gasteiger charge is 2.30. The molecule has 0 fully saturated rings. The summed E-state index contributed by atoms with van der Waals surface area (Å²) in [7, 11) is 0. The Balaban J connectivity index is 1.55. The fraction of sp³-hybridized carbons (Fsp3) is 0.0435. The van der Waals surface area contributed by atoms with Gasteiger partial charge >= 0.3 is 23.9 Å². The Morgan fingerprint density at radius 3 is 2.29 bits per heavy atom. The average Bonchev–Trinajstić information content (AvgIpc) is 3.11. The largest absolute Gasteiger partial charge is 0.424 e. The second-order valence-corrected chi connectivity index (χ2v) is 7.02. The fourth-order valence-corrected chi connectivity index (χ4v) is 3.01. The number of nitro benzene ring substituents is 1. The van der Waals surface area contributed by atoms with Crippen LogP contribution in [0, 0.1) is 10.1 Å². The Kier molecular flexibility index (Phi) is 6.10. The first-order valence-corrected chi connectivity index (χ1v) is 9.82. The summed E-state index contributed by atoms with van der Waals surface area (Å²) in [6, 6.07) is 13.1. The summed E-state index contributed by atoms with van der Waals surface area (Å²) in [5.41, 5.74) is 0.318. The summed E-state index contributed by atoms with van der Waals surface area (Å²) in [6.07, 6.45) is 0. The van der Waals surface area contributed by atoms with Crippen LogP contribution >= 0.6 is 0 Å². The number of azo groups is 1. The van der Waals surface area contributed by atoms with Crippen LogP contribution in [0.25, 0.3) is 0 Å². The van der Waals surface area contributed by atoms with Crippen molar-refractivity contribution in [1.82, 2.24) is 0 Å². The molecule has 1 heterocycles. The molecule has 0 saturated carbocycles. The Morgan fingerprint density at radius 2 is 1.60 bits per heavy atom. The van der Waals surface area contributed by atoms with Crippen molar-refractivity contribution in [3.05, 3.63) is 87.5 Å². The summed E-state index contributed by atoms with van der Waals surface area (Å²) in [5, 5.41) is 18.7. The normalized spacial score (nSPS) is 12.3. The minimum absolute atomic E-state index is 0.000290. The zero-order chi connectivity index (χ0) is 25.1. The molecule has 3 aromatic carbocycles. The third-order valence-electron chi connectivity index (χ3n) is 4.61. The van der Waals surface area contributed by atoms with Crippen molar-refractivity contribution in [2.75, 3.05) is 0 Å². The highest BCUT2D eigenvalue weighted by molar-refractivity contribution is 6.15. The summed E-state index contributed by atoms with van der Waals surface area (Å²) in [4.78, 5) is 57.5. The summed E-state index contributed by atoms with van der Waals surface area (Å²) < 4.78 is 14.9. The van der Waals surface area contributed by atoms with Crippen LogP contribution in [0.5, 0.6) is 11.5 Å². The molecule has 0 N–H and O–H groups in total. The summed E-state index contributed by atoms with van der Waals surface area (Å²) in [6.45, 7) is 1.17. The summed E-state index contributed by atoms with van der Waals surface area (Å²) >= 11 is 0. The predicted octanol–water partition coefficient (Wildman–Crippen LogP) is 4.47. The van der Waals surface area contributed by atoms with Crippen molar-refractivity contribution >= 4 is 40.9 Å². The number of esters is 4. The molecule has 35 heavy (non-hydrogen) atoms. The third-order valence-corrected chi connectivity index (χ3v) is 4.61. The number of nitrogens with zero attached hydrogens (tertiary/aromatic N) is 3. The topological polar surface area (TPSA) is 164 Å². The van der Waals surface area contributed by atoms with E-state index in [1.165, 1.54) is 67.6 Å². The predicted molar refractivity (Wildman–Crippen MR) is 116 cm³/mol. The minimum Gasteiger partial charge on any atom is -0.424 e. The van der Waals surface area contributed by atoms with E-state index in [0.29, 0.717) is 5.69 Å². The number of nitro groups is 1. The lowest BCUT2D eigenvalue weighted by atomic mass is 10.1. The Morgan fingerprint density at radius 1 is 0.886 bits per heavy atom. The van der Waals surface area contributed by atoms with E-state index in [1.807, 2.05) is 0 Å². The van der Waals surface area contributed by atoms with Crippen LogP contribution in [-0.4, -0.2) is 28.8 Å². The molecular weight excluding hydrogens is 462 g/mol. The Hall–Kier alpha value is -5.26. The third kappa shape index (κ3) is 5.06. The average molecular weight is 475 g/mol. The number of hydrogen-bond donors (Lipinski definition) is 0. The van der Waals surface area contributed by atoms with Gasteiger partial charge in [-0.15, -0.1) is 5.11 Å². The zero-order valence-corrected chi connectivity index (χ0v) is 17.8. The first kappa shape index (κ1) is 22.9. The number of carbonyl (C=O) groups is 4. The molecule has 0 radical (unpaired) electrons. The van der Waals surface area contributed by atoms with Gasteiger partial charge in [-0.25, -0.2) is 14.4 Å². The van der Waals surface area contributed by atoms with E-state index in [0.717, 1.165) is 0 Å². The van der Waals surface area contributed by atoms with Gasteiger partial charge in [0.15, 0.2) is 5.75 Å². The van der Waals surface area contributed by atoms with E-state index in [1.54, 1.807) is 0 Å². The van der Waals surface area contributed by atoms with Gasteiger partial charge in [-0.05, 0) is 42.5 Å². The second kappa shape index (κ2) is 9.31. The van der Waals surface area contributed by atoms with Crippen LogP contribution in [0.4, 0.5) is 17.1 Å². The molecule has 1 aliphatic heterocycles. The lowest BCUT2D eigenvalue weighted by Gasteiger charge is -2.09. The molecule has 3 aromatic rings. The number of ether oxygens (including phenoxy) is 3. The monoisotopic (exact) mass is 475 g/mol. The number of hydrogen-bond acceptors (Lipinski definition) is 11. The molecular formula is C23H13N3O9. The number of carbonyl (C=O) groups excluding carboxylic acids is 4. The zero-order valence-electron chi connectivity index (χ0n) is 17.8. The smallest absolute Gasteiger partial charge is 0.346 e. The number of fused-ring (bicyclic) bond motifs is 1. The van der Waals surface area contributed by atoms with E-state index in [-0.39, 0.29) is 39.6 Å². The molecule has 12 nitrogen and oxygen atoms in total. The first-order chi connectivity index (χ1) is 16.7. The standard InChI is InChI=1S/C23H13N3O9/c1-12(27)33-20-11-16(7-9-19(20)25-24-14-3-5-15(6-4-14)26(31)32)34-21(28)13-2-8-17-18(10-13)23(30)35-22(17)29/h2-11H,1H3. The number of benzene rings is 3. The lowest BCUT2D eigenvalue weighted by molar-refractivity contribution is -0.384. The van der Waals surface area contributed by atoms with Gasteiger partial charge in [0, 0.05) is 25.1 Å². The molecule has 0 atom stereocenters. The molecule has 4 rings (SSSR count). The van der Waals surface area contributed by atoms with Gasteiger partial charge in [-0.2, -0.15) is 5.11 Å². The van der Waals surface area contributed by atoms with Crippen molar-refractivity contribution in [1.29, 1.82) is 0 Å². The van der Waals surface area contributed by atoms with Crippen LogP contribution in [0.15, 0.2) is 70.9 Å². The molecule has 12 heteroatoms. The quantitative estimate of drug-likeness (QED) is 0.125. The Bertz CT molecular complexity index is 1430. The maximum Gasteiger partial charge on any atom is 0.346 e. The van der Waals surface area contributed by atoms with Crippen LogP contribution in [0.2, 0.25) is 0 Å². The fourth-order valence-electron chi connectivity index (χ4n) is 3.01. The molecule has 0 saturated heterocycles. The Labute approximate surface area is 195 Å². The van der Waals surface area contributed by atoms with Crippen LogP contribution in [0.3, 0.4) is 0 Å². The lowest BCUT2D eigenvalue weighted by Crippen LogP contribution is -2.10. The molecule has 0 aromatic heterocycles. The number of cyclic esters (lactones) is 2. The van der Waals surface area contributed by atoms with Gasteiger partial charge in [0.25, 0.3) is 5.69 Å². The first-order valence-electron chi connectivity index (χ1n) is 9.82. The molecule has 174 valence electrons. The van der Waals surface area contributed by atoms with Gasteiger partial charge in [0.05, 0.1) is 27.3 Å². The maximum absolute atomic E-state index is 12.5. The van der Waals surface area contributed by atoms with E-state index >= 15 is 0 Å². The molecule has 0 amide bonds. The number of non-ortho nitro benzene ring substituents is 1. The maximum atomic E-state index is 12.5. The van der Waals surface area contributed by atoms with E-state index in [2.05, 4.69) is 15.0 Å². The van der Waals surface area contributed by atoms with Crippen molar-refractivity contribution in [2.45, 2.75) is 6.92 Å². The SMILES string of the molecule is CC(=O)Oc1cc(OC(=O)c2ccc3c(c2)C(=O)OC3=O)ccc1N=Nc1ccc([N+](=O)[O-])cc1. The molecule has 0 spiro atoms. The van der Waals surface area contributed by atoms with Crippen molar-refractivity contribution < 1.29 is 38.3 Å². The highest BCUT2D eigenvalue weighted by Crippen LogP contribution is 2.34. The number of rotatable bonds is 6. The van der Waals surface area contributed by atoms with Gasteiger partial charge in [0.2, 0.25) is 0 Å². The summed E-state index contributed by atoms with van der Waals surface area (Å²) in [5.74, 6) is -3.22.